The Labute approximate surface area is 189 Å². The van der Waals surface area contributed by atoms with Gasteiger partial charge in [-0.3, -0.25) is 4.90 Å². The number of methoxy groups -OCH3 is 1. The zero-order chi connectivity index (χ0) is 22.6. The van der Waals surface area contributed by atoms with Gasteiger partial charge in [0.2, 0.25) is 0 Å². The van der Waals surface area contributed by atoms with E-state index in [0.29, 0.717) is 6.61 Å². The maximum absolute atomic E-state index is 12.5. The van der Waals surface area contributed by atoms with Crippen molar-refractivity contribution in [1.82, 2.24) is 4.90 Å². The van der Waals surface area contributed by atoms with E-state index in [4.69, 9.17) is 13.7 Å². The van der Waals surface area contributed by atoms with Crippen molar-refractivity contribution < 1.29 is 22.1 Å². The maximum Gasteiger partial charge on any atom is 0.339 e. The zero-order valence-electron chi connectivity index (χ0n) is 18.2. The van der Waals surface area contributed by atoms with Crippen molar-refractivity contribution >= 4 is 10.1 Å². The van der Waals surface area contributed by atoms with Gasteiger partial charge in [0.1, 0.15) is 16.4 Å². The molecule has 6 nitrogen and oxygen atoms in total. The summed E-state index contributed by atoms with van der Waals surface area (Å²) in [4.78, 5) is 2.49. The normalized spacial score (nSPS) is 17.1. The van der Waals surface area contributed by atoms with Crippen LogP contribution in [0.25, 0.3) is 0 Å². The first-order valence-electron chi connectivity index (χ1n) is 10.5. The molecule has 0 amide bonds. The molecule has 0 saturated carbocycles. The van der Waals surface area contributed by atoms with Gasteiger partial charge in [0.15, 0.2) is 0 Å². The van der Waals surface area contributed by atoms with Crippen LogP contribution in [0.15, 0.2) is 77.7 Å². The highest BCUT2D eigenvalue weighted by Crippen LogP contribution is 2.27. The number of nitrogens with zero attached hydrogens (tertiary/aromatic N) is 1. The van der Waals surface area contributed by atoms with E-state index >= 15 is 0 Å². The minimum absolute atomic E-state index is 0.0789. The molecule has 1 heterocycles. The lowest BCUT2D eigenvalue weighted by molar-refractivity contribution is -0.0329. The van der Waals surface area contributed by atoms with Crippen LogP contribution in [0.5, 0.6) is 11.5 Å². The molecule has 7 heteroatoms. The fraction of sp³-hybridized carbons (Fsp3) is 0.280. The fourth-order valence-corrected chi connectivity index (χ4v) is 4.58. The van der Waals surface area contributed by atoms with Crippen molar-refractivity contribution in [1.29, 1.82) is 0 Å². The van der Waals surface area contributed by atoms with Crippen LogP contribution in [0.4, 0.5) is 0 Å². The van der Waals surface area contributed by atoms with Crippen molar-refractivity contribution in [2.24, 2.45) is 0 Å². The molecule has 1 saturated heterocycles. The molecular weight excluding hydrogens is 426 g/mol. The summed E-state index contributed by atoms with van der Waals surface area (Å²) in [6.07, 6.45) is -0.0789. The highest BCUT2D eigenvalue weighted by atomic mass is 32.2. The topological polar surface area (TPSA) is 65.1 Å². The minimum atomic E-state index is -3.86. The maximum atomic E-state index is 12.5. The van der Waals surface area contributed by atoms with Crippen molar-refractivity contribution in [3.05, 3.63) is 89.5 Å². The number of morpholine rings is 1. The van der Waals surface area contributed by atoms with Crippen LogP contribution in [-0.4, -0.2) is 40.1 Å². The van der Waals surface area contributed by atoms with Crippen molar-refractivity contribution in [3.8, 4) is 11.5 Å². The zero-order valence-corrected chi connectivity index (χ0v) is 19.0. The van der Waals surface area contributed by atoms with E-state index in [-0.39, 0.29) is 16.7 Å². The fourth-order valence-electron chi connectivity index (χ4n) is 3.65. The van der Waals surface area contributed by atoms with Crippen molar-refractivity contribution in [3.63, 3.8) is 0 Å². The molecule has 32 heavy (non-hydrogen) atoms. The Morgan fingerprint density at radius 3 is 2.25 bits per heavy atom. The summed E-state index contributed by atoms with van der Waals surface area (Å²) in [5, 5.41) is 0. The highest BCUT2D eigenvalue weighted by Gasteiger charge is 2.23. The average Bonchev–Trinajstić information content (AvgIpc) is 2.80. The summed E-state index contributed by atoms with van der Waals surface area (Å²) in [6, 6.07) is 21.7. The molecule has 0 bridgehead atoms. The summed E-state index contributed by atoms with van der Waals surface area (Å²) in [6.45, 7) is 4.99. The third-order valence-corrected chi connectivity index (χ3v) is 6.74. The summed E-state index contributed by atoms with van der Waals surface area (Å²) in [5.74, 6) is 1.13. The smallest absolute Gasteiger partial charge is 0.339 e. The van der Waals surface area contributed by atoms with Gasteiger partial charge in [0.25, 0.3) is 0 Å². The SMILES string of the molecule is COc1ccc(CN2CCOC(c3ccc(OS(=O)(=O)c4ccc(C)cc4)cc3)C2)cc1. The van der Waals surface area contributed by atoms with Crippen LogP contribution >= 0.6 is 0 Å². The standard InChI is InChI=1S/C25H27NO5S/c1-19-3-13-24(14-4-19)32(27,28)31-23-11-7-21(8-12-23)25-18-26(15-16-30-25)17-20-5-9-22(29-2)10-6-20/h3-14,25H,15-18H2,1-2H3. The predicted octanol–water partition coefficient (Wildman–Crippen LogP) is 4.34. The number of aryl methyl sites for hydroxylation is 1. The molecule has 1 fully saturated rings. The summed E-state index contributed by atoms with van der Waals surface area (Å²) in [5.41, 5.74) is 3.20. The number of benzene rings is 3. The number of hydrogen-bond acceptors (Lipinski definition) is 6. The second-order valence-electron chi connectivity index (χ2n) is 7.86. The van der Waals surface area contributed by atoms with E-state index in [0.717, 1.165) is 36.5 Å². The van der Waals surface area contributed by atoms with Crippen LogP contribution in [0.1, 0.15) is 22.8 Å². The highest BCUT2D eigenvalue weighted by molar-refractivity contribution is 7.87. The van der Waals surface area contributed by atoms with Crippen LogP contribution in [-0.2, 0) is 21.4 Å². The van der Waals surface area contributed by atoms with Crippen LogP contribution < -0.4 is 8.92 Å². The first-order chi connectivity index (χ1) is 15.4. The quantitative estimate of drug-likeness (QED) is 0.496. The Bertz CT molecular complexity index is 1130. The Morgan fingerprint density at radius 2 is 1.59 bits per heavy atom. The van der Waals surface area contributed by atoms with Gasteiger partial charge in [0, 0.05) is 19.6 Å². The predicted molar refractivity (Wildman–Crippen MR) is 122 cm³/mol. The summed E-state index contributed by atoms with van der Waals surface area (Å²) in [7, 11) is -2.20. The first-order valence-corrected chi connectivity index (χ1v) is 11.9. The Kier molecular flexibility index (Phi) is 6.79. The van der Waals surface area contributed by atoms with E-state index in [1.165, 1.54) is 5.56 Å². The second kappa shape index (κ2) is 9.73. The number of rotatable bonds is 7. The van der Waals surface area contributed by atoms with E-state index < -0.39 is 10.1 Å². The summed E-state index contributed by atoms with van der Waals surface area (Å²) >= 11 is 0. The molecule has 0 radical (unpaired) electrons. The van der Waals surface area contributed by atoms with Crippen LogP contribution in [0.3, 0.4) is 0 Å². The van der Waals surface area contributed by atoms with Gasteiger partial charge >= 0.3 is 10.1 Å². The lowest BCUT2D eigenvalue weighted by Crippen LogP contribution is -2.37. The van der Waals surface area contributed by atoms with Gasteiger partial charge in [-0.15, -0.1) is 0 Å². The van der Waals surface area contributed by atoms with Gasteiger partial charge in [-0.2, -0.15) is 8.42 Å². The molecule has 1 unspecified atom stereocenters. The van der Waals surface area contributed by atoms with E-state index in [2.05, 4.69) is 17.0 Å². The van der Waals surface area contributed by atoms with E-state index in [9.17, 15) is 8.42 Å². The molecule has 0 aliphatic carbocycles. The molecular formula is C25H27NO5S. The lowest BCUT2D eigenvalue weighted by atomic mass is 10.1. The van der Waals surface area contributed by atoms with Crippen molar-refractivity contribution in [2.75, 3.05) is 26.8 Å². The third-order valence-electron chi connectivity index (χ3n) is 5.48. The van der Waals surface area contributed by atoms with Crippen molar-refractivity contribution in [2.45, 2.75) is 24.5 Å². The molecule has 1 atom stereocenters. The Balaban J connectivity index is 1.39. The van der Waals surface area contributed by atoms with E-state index in [1.807, 2.05) is 31.2 Å². The largest absolute Gasteiger partial charge is 0.497 e. The Hall–Kier alpha value is -2.87. The number of hydrogen-bond donors (Lipinski definition) is 0. The van der Waals surface area contributed by atoms with Gasteiger partial charge in [-0.05, 0) is 54.4 Å². The van der Waals surface area contributed by atoms with Gasteiger partial charge in [-0.25, -0.2) is 0 Å². The lowest BCUT2D eigenvalue weighted by Gasteiger charge is -2.33. The average molecular weight is 454 g/mol. The Morgan fingerprint density at radius 1 is 0.938 bits per heavy atom. The summed E-state index contributed by atoms with van der Waals surface area (Å²) < 4.78 is 41.5. The molecule has 0 aromatic heterocycles. The molecule has 1 aliphatic heterocycles. The molecule has 0 N–H and O–H groups in total. The molecule has 1 aliphatic rings. The third kappa shape index (κ3) is 5.48. The van der Waals surface area contributed by atoms with Crippen LogP contribution in [0.2, 0.25) is 0 Å². The minimum Gasteiger partial charge on any atom is -0.497 e. The first kappa shape index (κ1) is 22.3. The second-order valence-corrected chi connectivity index (χ2v) is 9.41. The molecule has 3 aromatic carbocycles. The molecule has 4 rings (SSSR count). The molecule has 168 valence electrons. The molecule has 3 aromatic rings. The number of ether oxygens (including phenoxy) is 2. The van der Waals surface area contributed by atoms with E-state index in [1.54, 1.807) is 43.5 Å². The van der Waals surface area contributed by atoms with Gasteiger partial charge in [0.05, 0.1) is 19.8 Å². The van der Waals surface area contributed by atoms with Gasteiger partial charge < -0.3 is 13.7 Å². The van der Waals surface area contributed by atoms with Crippen LogP contribution in [0, 0.1) is 6.92 Å². The molecule has 0 spiro atoms. The monoisotopic (exact) mass is 453 g/mol. The van der Waals surface area contributed by atoms with Gasteiger partial charge in [-0.1, -0.05) is 42.0 Å².